The van der Waals surface area contributed by atoms with Gasteiger partial charge in [0.2, 0.25) is 0 Å². The lowest BCUT2D eigenvalue weighted by Crippen LogP contribution is -2.16. The minimum atomic E-state index is -0.124. The van der Waals surface area contributed by atoms with Crippen LogP contribution in [0.1, 0.15) is 23.0 Å². The van der Waals surface area contributed by atoms with Gasteiger partial charge in [-0.1, -0.05) is 17.9 Å². The van der Waals surface area contributed by atoms with Crippen molar-refractivity contribution in [1.82, 2.24) is 4.57 Å². The van der Waals surface area contributed by atoms with E-state index in [4.69, 9.17) is 5.73 Å². The average molecular weight is 267 g/mol. The third-order valence-corrected chi connectivity index (χ3v) is 2.86. The topological polar surface area (TPSA) is 60.0 Å². The lowest BCUT2D eigenvalue weighted by Gasteiger charge is -2.08. The van der Waals surface area contributed by atoms with Gasteiger partial charge in [0.15, 0.2) is 0 Å². The average Bonchev–Trinajstić information content (AvgIpc) is 2.94. The molecule has 1 aromatic heterocycles. The monoisotopic (exact) mass is 267 g/mol. The van der Waals surface area contributed by atoms with E-state index in [-0.39, 0.29) is 5.91 Å². The number of nitrogens with zero attached hydrogens (tertiary/aromatic N) is 1. The molecule has 1 heterocycles. The molecule has 1 aromatic carbocycles. The Hall–Kier alpha value is -2.51. The molecule has 0 aliphatic rings. The SMILES string of the molecule is CCn1cccc1C(=O)Nc1cccc(C#CCN)c1. The zero-order chi connectivity index (χ0) is 14.4. The second-order valence-electron chi connectivity index (χ2n) is 4.22. The van der Waals surface area contributed by atoms with Gasteiger partial charge in [0.25, 0.3) is 5.91 Å². The Morgan fingerprint density at radius 1 is 1.35 bits per heavy atom. The maximum absolute atomic E-state index is 12.2. The van der Waals surface area contributed by atoms with Gasteiger partial charge >= 0.3 is 0 Å². The van der Waals surface area contributed by atoms with E-state index in [0.29, 0.717) is 12.2 Å². The molecular formula is C16H17N3O. The lowest BCUT2D eigenvalue weighted by atomic mass is 10.2. The molecule has 4 heteroatoms. The van der Waals surface area contributed by atoms with Gasteiger partial charge < -0.3 is 15.6 Å². The molecule has 1 amide bonds. The van der Waals surface area contributed by atoms with Gasteiger partial charge in [-0.15, -0.1) is 0 Å². The van der Waals surface area contributed by atoms with Gasteiger partial charge in [0.05, 0.1) is 6.54 Å². The van der Waals surface area contributed by atoms with Crippen molar-refractivity contribution in [2.24, 2.45) is 5.73 Å². The second kappa shape index (κ2) is 6.60. The fourth-order valence-corrected chi connectivity index (χ4v) is 1.92. The van der Waals surface area contributed by atoms with Crippen molar-refractivity contribution in [3.05, 3.63) is 53.9 Å². The molecule has 20 heavy (non-hydrogen) atoms. The van der Waals surface area contributed by atoms with Crippen molar-refractivity contribution >= 4 is 11.6 Å². The first kappa shape index (κ1) is 13.9. The summed E-state index contributed by atoms with van der Waals surface area (Å²) >= 11 is 0. The molecule has 0 fully saturated rings. The molecule has 102 valence electrons. The Morgan fingerprint density at radius 2 is 2.20 bits per heavy atom. The number of hydrogen-bond donors (Lipinski definition) is 2. The predicted molar refractivity (Wildman–Crippen MR) is 80.4 cm³/mol. The zero-order valence-corrected chi connectivity index (χ0v) is 11.4. The third kappa shape index (κ3) is 3.28. The van der Waals surface area contributed by atoms with E-state index in [2.05, 4.69) is 17.2 Å². The Morgan fingerprint density at radius 3 is 2.95 bits per heavy atom. The van der Waals surface area contributed by atoms with Crippen LogP contribution in [0.25, 0.3) is 0 Å². The van der Waals surface area contributed by atoms with Crippen LogP contribution in [0.5, 0.6) is 0 Å². The highest BCUT2D eigenvalue weighted by Crippen LogP contribution is 2.12. The Bertz CT molecular complexity index is 662. The molecule has 0 aliphatic carbocycles. The number of aryl methyl sites for hydroxylation is 1. The summed E-state index contributed by atoms with van der Waals surface area (Å²) in [6.07, 6.45) is 1.89. The van der Waals surface area contributed by atoms with Crippen LogP contribution in [0.2, 0.25) is 0 Å². The molecule has 0 aliphatic heterocycles. The highest BCUT2D eigenvalue weighted by atomic mass is 16.1. The van der Waals surface area contributed by atoms with Crippen LogP contribution in [0.4, 0.5) is 5.69 Å². The largest absolute Gasteiger partial charge is 0.344 e. The quantitative estimate of drug-likeness (QED) is 0.836. The summed E-state index contributed by atoms with van der Waals surface area (Å²) in [6, 6.07) is 11.1. The predicted octanol–water partition coefficient (Wildman–Crippen LogP) is 2.07. The number of aromatic nitrogens is 1. The van der Waals surface area contributed by atoms with Crippen LogP contribution >= 0.6 is 0 Å². The first-order chi connectivity index (χ1) is 9.74. The summed E-state index contributed by atoms with van der Waals surface area (Å²) in [6.45, 7) is 3.08. The number of carbonyl (C=O) groups excluding carboxylic acids is 1. The van der Waals surface area contributed by atoms with E-state index in [9.17, 15) is 4.79 Å². The van der Waals surface area contributed by atoms with Crippen LogP contribution in [-0.2, 0) is 6.54 Å². The van der Waals surface area contributed by atoms with Gasteiger partial charge in [-0.25, -0.2) is 0 Å². The van der Waals surface area contributed by atoms with Crippen LogP contribution < -0.4 is 11.1 Å². The fourth-order valence-electron chi connectivity index (χ4n) is 1.92. The van der Waals surface area contributed by atoms with Crippen LogP contribution in [0, 0.1) is 11.8 Å². The molecule has 0 saturated carbocycles. The minimum Gasteiger partial charge on any atom is -0.344 e. The van der Waals surface area contributed by atoms with E-state index < -0.39 is 0 Å². The molecule has 0 spiro atoms. The van der Waals surface area contributed by atoms with Gasteiger partial charge in [-0.05, 0) is 37.3 Å². The number of anilines is 1. The molecule has 0 atom stereocenters. The van der Waals surface area contributed by atoms with Crippen LogP contribution in [0.3, 0.4) is 0 Å². The van der Waals surface area contributed by atoms with E-state index in [1.165, 1.54) is 0 Å². The third-order valence-electron chi connectivity index (χ3n) is 2.86. The highest BCUT2D eigenvalue weighted by molar-refractivity contribution is 6.03. The van der Waals surface area contributed by atoms with Crippen LogP contribution in [-0.4, -0.2) is 17.0 Å². The second-order valence-corrected chi connectivity index (χ2v) is 4.22. The summed E-state index contributed by atoms with van der Waals surface area (Å²) < 4.78 is 1.90. The number of nitrogens with two attached hydrogens (primary N) is 1. The first-order valence-electron chi connectivity index (χ1n) is 6.50. The van der Waals surface area contributed by atoms with Gasteiger partial charge in [0.1, 0.15) is 5.69 Å². The molecular weight excluding hydrogens is 250 g/mol. The van der Waals surface area contributed by atoms with Gasteiger partial charge in [-0.3, -0.25) is 4.79 Å². The maximum atomic E-state index is 12.2. The number of rotatable bonds is 3. The van der Waals surface area contributed by atoms with Gasteiger partial charge in [-0.2, -0.15) is 0 Å². The summed E-state index contributed by atoms with van der Waals surface area (Å²) in [5, 5.41) is 2.88. The van der Waals surface area contributed by atoms with Crippen molar-refractivity contribution in [3.63, 3.8) is 0 Å². The van der Waals surface area contributed by atoms with E-state index >= 15 is 0 Å². The van der Waals surface area contributed by atoms with Crippen molar-refractivity contribution in [1.29, 1.82) is 0 Å². The normalized spacial score (nSPS) is 9.70. The smallest absolute Gasteiger partial charge is 0.272 e. The van der Waals surface area contributed by atoms with Crippen molar-refractivity contribution in [3.8, 4) is 11.8 Å². The number of nitrogens with one attached hydrogen (secondary N) is 1. The molecule has 2 aromatic rings. The van der Waals surface area contributed by atoms with E-state index in [1.54, 1.807) is 6.07 Å². The molecule has 0 unspecified atom stereocenters. The Kier molecular flexibility index (Phi) is 4.59. The summed E-state index contributed by atoms with van der Waals surface area (Å²) in [4.78, 5) is 12.2. The molecule has 0 saturated heterocycles. The summed E-state index contributed by atoms with van der Waals surface area (Å²) in [5.41, 5.74) is 7.55. The Balaban J connectivity index is 2.16. The van der Waals surface area contributed by atoms with Crippen molar-refractivity contribution in [2.45, 2.75) is 13.5 Å². The first-order valence-corrected chi connectivity index (χ1v) is 6.50. The molecule has 3 N–H and O–H groups in total. The summed E-state index contributed by atoms with van der Waals surface area (Å²) in [5.74, 6) is 5.61. The molecule has 4 nitrogen and oxygen atoms in total. The number of amides is 1. The molecule has 2 rings (SSSR count). The lowest BCUT2D eigenvalue weighted by molar-refractivity contribution is 0.101. The maximum Gasteiger partial charge on any atom is 0.272 e. The summed E-state index contributed by atoms with van der Waals surface area (Å²) in [7, 11) is 0. The van der Waals surface area contributed by atoms with Gasteiger partial charge in [0, 0.05) is 24.0 Å². The Labute approximate surface area is 118 Å². The van der Waals surface area contributed by atoms with Crippen LogP contribution in [0.15, 0.2) is 42.6 Å². The minimum absolute atomic E-state index is 0.124. The van der Waals surface area contributed by atoms with E-state index in [0.717, 1.165) is 17.8 Å². The van der Waals surface area contributed by atoms with Crippen molar-refractivity contribution in [2.75, 3.05) is 11.9 Å². The fraction of sp³-hybridized carbons (Fsp3) is 0.188. The van der Waals surface area contributed by atoms with E-state index in [1.807, 2.05) is 48.0 Å². The molecule has 0 bridgehead atoms. The van der Waals surface area contributed by atoms with Crippen molar-refractivity contribution < 1.29 is 4.79 Å². The number of carbonyl (C=O) groups is 1. The highest BCUT2D eigenvalue weighted by Gasteiger charge is 2.09. The zero-order valence-electron chi connectivity index (χ0n) is 11.4. The number of hydrogen-bond acceptors (Lipinski definition) is 2. The number of benzene rings is 1. The molecule has 0 radical (unpaired) electrons. The standard InChI is InChI=1S/C16H17N3O/c1-2-19-11-5-9-15(19)16(20)18-14-8-3-6-13(12-14)7-4-10-17/h3,5-6,8-9,11-12H,2,10,17H2,1H3,(H,18,20).